The molecule has 0 unspecified atom stereocenters. The lowest BCUT2D eigenvalue weighted by Gasteiger charge is -2.23. The maximum absolute atomic E-state index is 12.8. The largest absolute Gasteiger partial charge is 0.465 e. The van der Waals surface area contributed by atoms with Crippen molar-refractivity contribution in [2.24, 2.45) is 0 Å². The van der Waals surface area contributed by atoms with Crippen molar-refractivity contribution in [1.29, 1.82) is 0 Å². The highest BCUT2D eigenvalue weighted by atomic mass is 32.2. The molecular formula is C20H16O4S. The van der Waals surface area contributed by atoms with E-state index in [1.165, 1.54) is 13.2 Å². The fraction of sp³-hybridized carbons (Fsp3) is 0.150. The third-order valence-electron chi connectivity index (χ3n) is 4.70. The minimum absolute atomic E-state index is 0.0656. The summed E-state index contributed by atoms with van der Waals surface area (Å²) in [7, 11) is -2.22. The van der Waals surface area contributed by atoms with Crippen molar-refractivity contribution in [2.45, 2.75) is 17.6 Å². The van der Waals surface area contributed by atoms with Crippen molar-refractivity contribution in [3.63, 3.8) is 0 Å². The Labute approximate surface area is 146 Å². The van der Waals surface area contributed by atoms with Gasteiger partial charge in [-0.25, -0.2) is 13.2 Å². The predicted molar refractivity (Wildman–Crippen MR) is 96.4 cm³/mol. The van der Waals surface area contributed by atoms with Gasteiger partial charge in [-0.05, 0) is 46.5 Å². The number of carbonyl (C=O) groups is 1. The molecule has 0 aliphatic carbocycles. The van der Waals surface area contributed by atoms with Crippen LogP contribution in [0.15, 0.2) is 53.4 Å². The lowest BCUT2D eigenvalue weighted by atomic mass is 9.91. The molecule has 0 saturated carbocycles. The molecule has 3 aromatic carbocycles. The minimum atomic E-state index is -3.51. The molecule has 0 N–H and O–H groups in total. The second kappa shape index (κ2) is 5.43. The van der Waals surface area contributed by atoms with E-state index < -0.39 is 15.8 Å². The highest BCUT2D eigenvalue weighted by molar-refractivity contribution is 7.90. The van der Waals surface area contributed by atoms with Gasteiger partial charge in [0.2, 0.25) is 0 Å². The van der Waals surface area contributed by atoms with Crippen LogP contribution < -0.4 is 0 Å². The van der Waals surface area contributed by atoms with E-state index in [0.29, 0.717) is 11.1 Å². The number of benzene rings is 3. The summed E-state index contributed by atoms with van der Waals surface area (Å²) >= 11 is 0. The molecule has 126 valence electrons. The first-order valence-electron chi connectivity index (χ1n) is 7.89. The summed E-state index contributed by atoms with van der Waals surface area (Å²) < 4.78 is 30.4. The Morgan fingerprint density at radius 2 is 1.84 bits per heavy atom. The Bertz CT molecular complexity index is 1140. The van der Waals surface area contributed by atoms with Gasteiger partial charge in [-0.1, -0.05) is 36.4 Å². The molecule has 4 rings (SSSR count). The molecular weight excluding hydrogens is 336 g/mol. The van der Waals surface area contributed by atoms with Crippen LogP contribution in [-0.4, -0.2) is 21.5 Å². The topological polar surface area (TPSA) is 60.4 Å². The Morgan fingerprint density at radius 1 is 1.08 bits per heavy atom. The van der Waals surface area contributed by atoms with Crippen molar-refractivity contribution in [3.05, 3.63) is 65.2 Å². The average Bonchev–Trinajstić information content (AvgIpc) is 2.59. The maximum atomic E-state index is 12.8. The number of ether oxygens (including phenoxy) is 1. The van der Waals surface area contributed by atoms with Crippen LogP contribution in [0.1, 0.15) is 21.5 Å². The van der Waals surface area contributed by atoms with Gasteiger partial charge in [-0.15, -0.1) is 0 Å². The molecule has 0 amide bonds. The van der Waals surface area contributed by atoms with Gasteiger partial charge in [0.25, 0.3) is 0 Å². The third kappa shape index (κ3) is 2.35. The number of aryl methyl sites for hydroxylation is 1. The lowest BCUT2D eigenvalue weighted by molar-refractivity contribution is 0.0599. The molecule has 0 atom stereocenters. The molecule has 3 aromatic rings. The molecule has 5 heteroatoms. The van der Waals surface area contributed by atoms with Crippen LogP contribution in [0.3, 0.4) is 0 Å². The number of hydrogen-bond acceptors (Lipinski definition) is 4. The zero-order chi connectivity index (χ0) is 17.8. The van der Waals surface area contributed by atoms with Gasteiger partial charge in [0.15, 0.2) is 9.84 Å². The summed E-state index contributed by atoms with van der Waals surface area (Å²) in [6.07, 6.45) is 0. The molecule has 0 saturated heterocycles. The van der Waals surface area contributed by atoms with Crippen molar-refractivity contribution in [1.82, 2.24) is 0 Å². The number of esters is 1. The van der Waals surface area contributed by atoms with Crippen molar-refractivity contribution < 1.29 is 17.9 Å². The smallest absolute Gasteiger partial charge is 0.338 e. The highest BCUT2D eigenvalue weighted by Crippen LogP contribution is 2.43. The van der Waals surface area contributed by atoms with Gasteiger partial charge >= 0.3 is 5.97 Å². The average molecular weight is 352 g/mol. The summed E-state index contributed by atoms with van der Waals surface area (Å²) in [5.41, 5.74) is 3.36. The fourth-order valence-electron chi connectivity index (χ4n) is 3.51. The molecule has 0 fully saturated rings. The van der Waals surface area contributed by atoms with E-state index in [2.05, 4.69) is 0 Å². The van der Waals surface area contributed by atoms with Gasteiger partial charge in [0, 0.05) is 5.56 Å². The zero-order valence-corrected chi connectivity index (χ0v) is 14.7. The minimum Gasteiger partial charge on any atom is -0.465 e. The quantitative estimate of drug-likeness (QED) is 0.624. The van der Waals surface area contributed by atoms with E-state index in [4.69, 9.17) is 4.74 Å². The van der Waals surface area contributed by atoms with Crippen LogP contribution in [0.5, 0.6) is 0 Å². The summed E-state index contributed by atoms with van der Waals surface area (Å²) in [5.74, 6) is -0.594. The van der Waals surface area contributed by atoms with Gasteiger partial charge in [0.05, 0.1) is 23.3 Å². The second-order valence-electron chi connectivity index (χ2n) is 6.23. The van der Waals surface area contributed by atoms with Crippen molar-refractivity contribution in [3.8, 4) is 11.1 Å². The fourth-order valence-corrected chi connectivity index (χ4v) is 5.11. The molecule has 25 heavy (non-hydrogen) atoms. The first-order chi connectivity index (χ1) is 11.9. The number of rotatable bonds is 1. The second-order valence-corrected chi connectivity index (χ2v) is 8.19. The molecule has 0 aromatic heterocycles. The first kappa shape index (κ1) is 15.8. The summed E-state index contributed by atoms with van der Waals surface area (Å²) in [4.78, 5) is 12.2. The number of methoxy groups -OCH3 is 1. The monoisotopic (exact) mass is 352 g/mol. The first-order valence-corrected chi connectivity index (χ1v) is 9.54. The normalized spacial score (nSPS) is 14.6. The van der Waals surface area contributed by atoms with Gasteiger partial charge < -0.3 is 4.74 Å². The molecule has 1 aliphatic rings. The molecule has 0 radical (unpaired) electrons. The highest BCUT2D eigenvalue weighted by Gasteiger charge is 2.31. The summed E-state index contributed by atoms with van der Waals surface area (Å²) in [6.45, 7) is 1.79. The molecule has 0 spiro atoms. The number of fused-ring (bicyclic) bond motifs is 5. The van der Waals surface area contributed by atoms with Crippen LogP contribution in [0.2, 0.25) is 0 Å². The summed E-state index contributed by atoms with van der Waals surface area (Å²) in [6, 6.07) is 15.0. The van der Waals surface area contributed by atoms with Crippen LogP contribution >= 0.6 is 0 Å². The standard InChI is InChI=1S/C20H16O4S/c1-12-9-17-18(10-16(12)20(21)24-2)25(22,23)11-14-8-7-13-5-3-4-6-15(13)19(14)17/h3-10H,11H2,1-2H3. The van der Waals surface area contributed by atoms with Crippen LogP contribution in [0.25, 0.3) is 21.9 Å². The van der Waals surface area contributed by atoms with E-state index in [9.17, 15) is 13.2 Å². The van der Waals surface area contributed by atoms with E-state index in [1.54, 1.807) is 13.0 Å². The summed E-state index contributed by atoms with van der Waals surface area (Å²) in [5, 5.41) is 2.07. The number of carbonyl (C=O) groups excluding carboxylic acids is 1. The van der Waals surface area contributed by atoms with E-state index in [0.717, 1.165) is 21.9 Å². The van der Waals surface area contributed by atoms with E-state index in [1.807, 2.05) is 36.4 Å². The molecule has 1 aliphatic heterocycles. The van der Waals surface area contributed by atoms with Crippen molar-refractivity contribution in [2.75, 3.05) is 7.11 Å². The third-order valence-corrected chi connectivity index (χ3v) is 6.40. The maximum Gasteiger partial charge on any atom is 0.338 e. The van der Waals surface area contributed by atoms with Crippen molar-refractivity contribution >= 4 is 26.6 Å². The van der Waals surface area contributed by atoms with Crippen LogP contribution in [-0.2, 0) is 20.3 Å². The van der Waals surface area contributed by atoms with Crippen LogP contribution in [0.4, 0.5) is 0 Å². The van der Waals surface area contributed by atoms with Gasteiger partial charge in [-0.3, -0.25) is 0 Å². The van der Waals surface area contributed by atoms with Gasteiger partial charge in [0.1, 0.15) is 0 Å². The Balaban J connectivity index is 2.12. The van der Waals surface area contributed by atoms with E-state index in [-0.39, 0.29) is 16.2 Å². The zero-order valence-electron chi connectivity index (χ0n) is 13.9. The number of sulfone groups is 1. The van der Waals surface area contributed by atoms with Gasteiger partial charge in [-0.2, -0.15) is 0 Å². The molecule has 4 nitrogen and oxygen atoms in total. The Morgan fingerprint density at radius 3 is 2.60 bits per heavy atom. The van der Waals surface area contributed by atoms with Crippen LogP contribution in [0, 0.1) is 6.92 Å². The molecule has 0 bridgehead atoms. The Kier molecular flexibility index (Phi) is 3.44. The predicted octanol–water partition coefficient (Wildman–Crippen LogP) is 3.89. The lowest BCUT2D eigenvalue weighted by Crippen LogP contribution is -2.15. The Hall–Kier alpha value is -2.66. The SMILES string of the molecule is COC(=O)c1cc2c(cc1C)-c1c(ccc3ccccc13)CS2(=O)=O. The number of hydrogen-bond donors (Lipinski definition) is 0. The van der Waals surface area contributed by atoms with E-state index >= 15 is 0 Å². The molecule has 1 heterocycles.